The number of benzene rings is 1. The molecule has 6 heteroatoms. The molecular formula is C14H18N4O2. The van der Waals surface area contributed by atoms with Crippen molar-refractivity contribution in [1.29, 1.82) is 10.7 Å². The molecule has 0 spiro atoms. The van der Waals surface area contributed by atoms with Gasteiger partial charge in [0.05, 0.1) is 11.6 Å². The van der Waals surface area contributed by atoms with Gasteiger partial charge in [0.15, 0.2) is 0 Å². The molecule has 0 radical (unpaired) electrons. The van der Waals surface area contributed by atoms with Gasteiger partial charge in [-0.3, -0.25) is 4.79 Å². The maximum absolute atomic E-state index is 10.3. The highest BCUT2D eigenvalue weighted by Crippen LogP contribution is 2.23. The highest BCUT2D eigenvalue weighted by atomic mass is 16.3. The topological polar surface area (TPSA) is 109 Å². The van der Waals surface area contributed by atoms with Crippen LogP contribution in [0.3, 0.4) is 0 Å². The van der Waals surface area contributed by atoms with Crippen molar-refractivity contribution in [3.8, 4) is 6.07 Å². The van der Waals surface area contributed by atoms with Crippen molar-refractivity contribution in [3.05, 3.63) is 28.8 Å². The quantitative estimate of drug-likeness (QED) is 0.322. The Morgan fingerprint density at radius 3 is 2.85 bits per heavy atom. The van der Waals surface area contributed by atoms with Crippen LogP contribution in [-0.2, 0) is 11.3 Å². The Kier molecular flexibility index (Phi) is 6.20. The van der Waals surface area contributed by atoms with Gasteiger partial charge >= 0.3 is 0 Å². The molecule has 1 aromatic rings. The fourth-order valence-corrected chi connectivity index (χ4v) is 1.90. The highest BCUT2D eigenvalue weighted by molar-refractivity contribution is 6.03. The number of carbonyl (C=O) groups excluding carboxylic acids is 1. The monoisotopic (exact) mass is 274 g/mol. The molecule has 0 bridgehead atoms. The highest BCUT2D eigenvalue weighted by Gasteiger charge is 2.12. The van der Waals surface area contributed by atoms with Crippen LogP contribution in [0.1, 0.15) is 30.0 Å². The van der Waals surface area contributed by atoms with Crippen LogP contribution in [0.5, 0.6) is 0 Å². The third kappa shape index (κ3) is 4.07. The summed E-state index contributed by atoms with van der Waals surface area (Å²) in [5, 5.41) is 31.5. The largest absolute Gasteiger partial charge is 0.396 e. The Morgan fingerprint density at radius 2 is 2.30 bits per heavy atom. The van der Waals surface area contributed by atoms with E-state index in [1.165, 1.54) is 0 Å². The molecule has 0 saturated heterocycles. The third-order valence-electron chi connectivity index (χ3n) is 2.73. The predicted octanol–water partition coefficient (Wildman–Crippen LogP) is 0.986. The van der Waals surface area contributed by atoms with Gasteiger partial charge in [-0.25, -0.2) is 0 Å². The number of hydrogen-bond donors (Lipinski definition) is 4. The summed E-state index contributed by atoms with van der Waals surface area (Å²) in [4.78, 5) is 10.3. The first-order valence-corrected chi connectivity index (χ1v) is 6.28. The summed E-state index contributed by atoms with van der Waals surface area (Å²) in [6.45, 7) is 2.57. The standard InChI is InChI=1S/C14H18N4O2/c1-10(16)14-12(7-15)5-11(8-17-9-20)6-13(14)18-3-2-4-19/h5-6,9,16,18-19H,2-4,8H2,1H3,(H,17,20). The van der Waals surface area contributed by atoms with E-state index in [-0.39, 0.29) is 6.61 Å². The molecule has 0 aliphatic carbocycles. The first kappa shape index (κ1) is 15.7. The van der Waals surface area contributed by atoms with E-state index >= 15 is 0 Å². The van der Waals surface area contributed by atoms with Crippen LogP contribution in [0.4, 0.5) is 5.69 Å². The fraction of sp³-hybridized carbons (Fsp3) is 0.357. The summed E-state index contributed by atoms with van der Waals surface area (Å²) in [7, 11) is 0. The third-order valence-corrected chi connectivity index (χ3v) is 2.73. The van der Waals surface area contributed by atoms with Crippen LogP contribution in [0.25, 0.3) is 0 Å². The zero-order valence-corrected chi connectivity index (χ0v) is 11.4. The minimum absolute atomic E-state index is 0.0728. The number of aliphatic hydroxyl groups excluding tert-OH is 1. The van der Waals surface area contributed by atoms with E-state index < -0.39 is 0 Å². The lowest BCUT2D eigenvalue weighted by Crippen LogP contribution is -2.13. The van der Waals surface area contributed by atoms with Gasteiger partial charge in [-0.15, -0.1) is 0 Å². The second-order valence-electron chi connectivity index (χ2n) is 4.31. The average Bonchev–Trinajstić information content (AvgIpc) is 2.44. The molecule has 6 nitrogen and oxygen atoms in total. The van der Waals surface area contributed by atoms with Crippen molar-refractivity contribution in [3.63, 3.8) is 0 Å². The first-order valence-electron chi connectivity index (χ1n) is 6.28. The van der Waals surface area contributed by atoms with E-state index in [1.807, 2.05) is 6.07 Å². The lowest BCUT2D eigenvalue weighted by Gasteiger charge is -2.15. The Balaban J connectivity index is 3.16. The second kappa shape index (κ2) is 7.92. The van der Waals surface area contributed by atoms with Crippen molar-refractivity contribution in [1.82, 2.24) is 5.32 Å². The normalized spacial score (nSPS) is 9.65. The van der Waals surface area contributed by atoms with Crippen molar-refractivity contribution in [2.24, 2.45) is 0 Å². The number of anilines is 1. The zero-order chi connectivity index (χ0) is 15.0. The molecule has 4 N–H and O–H groups in total. The van der Waals surface area contributed by atoms with Crippen LogP contribution < -0.4 is 10.6 Å². The summed E-state index contributed by atoms with van der Waals surface area (Å²) in [5.74, 6) is 0. The lowest BCUT2D eigenvalue weighted by atomic mass is 9.98. The van der Waals surface area contributed by atoms with Crippen molar-refractivity contribution in [2.75, 3.05) is 18.5 Å². The van der Waals surface area contributed by atoms with Crippen LogP contribution in [0, 0.1) is 16.7 Å². The number of aliphatic hydroxyl groups is 1. The van der Waals surface area contributed by atoms with Gasteiger partial charge in [0.1, 0.15) is 0 Å². The maximum Gasteiger partial charge on any atom is 0.207 e. The number of rotatable bonds is 8. The van der Waals surface area contributed by atoms with Crippen LogP contribution >= 0.6 is 0 Å². The average molecular weight is 274 g/mol. The lowest BCUT2D eigenvalue weighted by molar-refractivity contribution is -0.109. The number of nitrogens with one attached hydrogen (secondary N) is 3. The van der Waals surface area contributed by atoms with Gasteiger partial charge < -0.3 is 21.1 Å². The second-order valence-corrected chi connectivity index (χ2v) is 4.31. The van der Waals surface area contributed by atoms with E-state index in [1.54, 1.807) is 13.0 Å². The fourth-order valence-electron chi connectivity index (χ4n) is 1.90. The summed E-state index contributed by atoms with van der Waals surface area (Å²) in [6.07, 6.45) is 1.18. The van der Waals surface area contributed by atoms with Crippen LogP contribution in [-0.4, -0.2) is 30.4 Å². The van der Waals surface area contributed by atoms with E-state index in [2.05, 4.69) is 16.7 Å². The van der Waals surface area contributed by atoms with Crippen molar-refractivity contribution in [2.45, 2.75) is 19.9 Å². The zero-order valence-electron chi connectivity index (χ0n) is 11.4. The van der Waals surface area contributed by atoms with E-state index in [4.69, 9.17) is 10.5 Å². The minimum Gasteiger partial charge on any atom is -0.396 e. The molecule has 0 saturated carbocycles. The molecular weight excluding hydrogens is 256 g/mol. The van der Waals surface area contributed by atoms with Crippen molar-refractivity contribution < 1.29 is 9.90 Å². The van der Waals surface area contributed by atoms with E-state index in [0.29, 0.717) is 48.4 Å². The van der Waals surface area contributed by atoms with Gasteiger partial charge in [-0.1, -0.05) is 0 Å². The minimum atomic E-state index is 0.0728. The molecule has 1 aromatic carbocycles. The molecule has 0 aromatic heterocycles. The van der Waals surface area contributed by atoms with Gasteiger partial charge in [0, 0.05) is 36.7 Å². The summed E-state index contributed by atoms with van der Waals surface area (Å²) in [6, 6.07) is 5.55. The van der Waals surface area contributed by atoms with Crippen molar-refractivity contribution >= 4 is 17.8 Å². The van der Waals surface area contributed by atoms with E-state index in [9.17, 15) is 10.1 Å². The molecule has 106 valence electrons. The molecule has 0 unspecified atom stereocenters. The molecule has 1 amide bonds. The van der Waals surface area contributed by atoms with Gasteiger partial charge in [0.25, 0.3) is 0 Å². The Hall–Kier alpha value is -2.39. The molecule has 1 rings (SSSR count). The summed E-state index contributed by atoms with van der Waals surface area (Å²) < 4.78 is 0. The number of amides is 1. The Bertz CT molecular complexity index is 535. The maximum atomic E-state index is 10.3. The SMILES string of the molecule is CC(=N)c1c(C#N)cc(CNC=O)cc1NCCCO. The molecule has 0 aliphatic heterocycles. The van der Waals surface area contributed by atoms with Gasteiger partial charge in [-0.05, 0) is 31.0 Å². The molecule has 0 aliphatic rings. The predicted molar refractivity (Wildman–Crippen MR) is 76.8 cm³/mol. The van der Waals surface area contributed by atoms with Crippen LogP contribution in [0.2, 0.25) is 0 Å². The molecule has 20 heavy (non-hydrogen) atoms. The number of carbonyl (C=O) groups is 1. The Morgan fingerprint density at radius 1 is 1.55 bits per heavy atom. The van der Waals surface area contributed by atoms with Gasteiger partial charge in [0.2, 0.25) is 6.41 Å². The van der Waals surface area contributed by atoms with E-state index in [0.717, 1.165) is 5.56 Å². The number of hydrogen-bond acceptors (Lipinski definition) is 5. The molecule has 0 atom stereocenters. The summed E-state index contributed by atoms with van der Waals surface area (Å²) >= 11 is 0. The summed E-state index contributed by atoms with van der Waals surface area (Å²) in [5.41, 5.74) is 2.70. The van der Waals surface area contributed by atoms with Gasteiger partial charge in [-0.2, -0.15) is 5.26 Å². The Labute approximate surface area is 117 Å². The first-order chi connectivity index (χ1) is 9.63. The van der Waals surface area contributed by atoms with Crippen LogP contribution in [0.15, 0.2) is 12.1 Å². The number of nitrogens with zero attached hydrogens (tertiary/aromatic N) is 1. The molecule has 0 fully saturated rings. The number of nitriles is 1. The molecule has 0 heterocycles. The smallest absolute Gasteiger partial charge is 0.207 e.